The number of nitrogens with zero attached hydrogens (tertiary/aromatic N) is 1. The minimum Gasteiger partial charge on any atom is -0.356 e. The van der Waals surface area contributed by atoms with Gasteiger partial charge in [0.15, 0.2) is 6.23 Å². The molecule has 1 aromatic carbocycles. The Morgan fingerprint density at radius 2 is 2.25 bits per heavy atom. The molecule has 0 fully saturated rings. The van der Waals surface area contributed by atoms with Gasteiger partial charge in [-0.05, 0) is 0 Å². The molecule has 12 heavy (non-hydrogen) atoms. The van der Waals surface area contributed by atoms with Crippen LogP contribution in [0.2, 0.25) is 0 Å². The Morgan fingerprint density at radius 1 is 1.42 bits per heavy atom. The van der Waals surface area contributed by atoms with E-state index in [-0.39, 0.29) is 6.23 Å². The van der Waals surface area contributed by atoms with Crippen molar-refractivity contribution in [3.63, 3.8) is 0 Å². The molecule has 1 atom stereocenters. The third kappa shape index (κ3) is 1.08. The first-order valence-corrected chi connectivity index (χ1v) is 3.82. The third-order valence-corrected chi connectivity index (χ3v) is 1.91. The van der Waals surface area contributed by atoms with Gasteiger partial charge in [0.2, 0.25) is 0 Å². The van der Waals surface area contributed by atoms with Crippen LogP contribution in [0.15, 0.2) is 29.4 Å². The number of methoxy groups -OCH3 is 1. The Hall–Kier alpha value is -1.35. The van der Waals surface area contributed by atoms with Gasteiger partial charge < -0.3 is 4.74 Å². The molecule has 0 radical (unpaired) electrons. The lowest BCUT2D eigenvalue weighted by molar-refractivity contribution is 0.0734. The summed E-state index contributed by atoms with van der Waals surface area (Å²) in [5.74, 6) is 0. The average molecular weight is 162 g/mol. The molecule has 0 aromatic heterocycles. The maximum Gasteiger partial charge on any atom is 0.168 e. The van der Waals surface area contributed by atoms with Gasteiger partial charge in [0.05, 0.1) is 6.21 Å². The zero-order valence-corrected chi connectivity index (χ0v) is 6.82. The molecule has 0 aliphatic carbocycles. The molecule has 2 rings (SSSR count). The highest BCUT2D eigenvalue weighted by Crippen LogP contribution is 2.19. The second-order valence-corrected chi connectivity index (χ2v) is 2.63. The molecule has 1 aliphatic heterocycles. The molecule has 1 aromatic rings. The van der Waals surface area contributed by atoms with Crippen LogP contribution in [0.5, 0.6) is 0 Å². The quantitative estimate of drug-likeness (QED) is 0.674. The second-order valence-electron chi connectivity index (χ2n) is 2.63. The van der Waals surface area contributed by atoms with E-state index in [0.29, 0.717) is 0 Å². The standard InChI is InChI=1S/C9H10N2O/c1-12-9-8-5-3-2-4-7(8)6-10-11-9/h2-6,9,11H,1H3. The predicted molar refractivity (Wildman–Crippen MR) is 46.9 cm³/mol. The van der Waals surface area contributed by atoms with Crippen LogP contribution in [-0.2, 0) is 4.74 Å². The van der Waals surface area contributed by atoms with Crippen LogP contribution in [0.3, 0.4) is 0 Å². The van der Waals surface area contributed by atoms with Gasteiger partial charge in [-0.3, -0.25) is 5.43 Å². The van der Waals surface area contributed by atoms with Crippen molar-refractivity contribution in [1.29, 1.82) is 0 Å². The van der Waals surface area contributed by atoms with Crippen molar-refractivity contribution in [1.82, 2.24) is 5.43 Å². The number of rotatable bonds is 1. The normalized spacial score (nSPS) is 19.9. The lowest BCUT2D eigenvalue weighted by Gasteiger charge is -2.20. The summed E-state index contributed by atoms with van der Waals surface area (Å²) >= 11 is 0. The van der Waals surface area contributed by atoms with Crippen LogP contribution >= 0.6 is 0 Å². The fourth-order valence-corrected chi connectivity index (χ4v) is 1.29. The lowest BCUT2D eigenvalue weighted by atomic mass is 10.1. The molecule has 0 spiro atoms. The summed E-state index contributed by atoms with van der Waals surface area (Å²) in [6, 6.07) is 8.03. The molecule has 3 nitrogen and oxygen atoms in total. The fourth-order valence-electron chi connectivity index (χ4n) is 1.29. The van der Waals surface area contributed by atoms with Gasteiger partial charge in [-0.2, -0.15) is 5.10 Å². The molecular formula is C9H10N2O. The molecule has 0 saturated carbocycles. The highest BCUT2D eigenvalue weighted by Gasteiger charge is 2.14. The van der Waals surface area contributed by atoms with Gasteiger partial charge in [-0.15, -0.1) is 0 Å². The summed E-state index contributed by atoms with van der Waals surface area (Å²) in [5, 5.41) is 3.97. The summed E-state index contributed by atoms with van der Waals surface area (Å²) < 4.78 is 5.19. The molecule has 0 amide bonds. The van der Waals surface area contributed by atoms with Crippen LogP contribution in [-0.4, -0.2) is 13.3 Å². The Bertz CT molecular complexity index is 309. The maximum absolute atomic E-state index is 5.19. The topological polar surface area (TPSA) is 33.6 Å². The van der Waals surface area contributed by atoms with Gasteiger partial charge in [-0.25, -0.2) is 0 Å². The van der Waals surface area contributed by atoms with E-state index in [1.807, 2.05) is 24.3 Å². The van der Waals surface area contributed by atoms with Crippen LogP contribution in [0.1, 0.15) is 17.4 Å². The third-order valence-electron chi connectivity index (χ3n) is 1.91. The van der Waals surface area contributed by atoms with Crippen LogP contribution < -0.4 is 5.43 Å². The predicted octanol–water partition coefficient (Wildman–Crippen LogP) is 1.27. The first-order valence-electron chi connectivity index (χ1n) is 3.82. The molecule has 62 valence electrons. The van der Waals surface area contributed by atoms with E-state index in [1.165, 1.54) is 0 Å². The molecule has 3 heteroatoms. The van der Waals surface area contributed by atoms with Crippen molar-refractivity contribution in [3.05, 3.63) is 35.4 Å². The minimum absolute atomic E-state index is 0.105. The second kappa shape index (κ2) is 2.95. The number of hydrogen-bond acceptors (Lipinski definition) is 3. The minimum atomic E-state index is -0.105. The molecule has 1 aliphatic rings. The van der Waals surface area contributed by atoms with Gasteiger partial charge in [0, 0.05) is 18.2 Å². The molecule has 0 bridgehead atoms. The Labute approximate surface area is 71.0 Å². The van der Waals surface area contributed by atoms with Crippen molar-refractivity contribution >= 4 is 6.21 Å². The Balaban J connectivity index is 2.45. The number of benzene rings is 1. The van der Waals surface area contributed by atoms with E-state index >= 15 is 0 Å². The van der Waals surface area contributed by atoms with E-state index in [0.717, 1.165) is 11.1 Å². The Morgan fingerprint density at radius 3 is 3.08 bits per heavy atom. The van der Waals surface area contributed by atoms with E-state index in [9.17, 15) is 0 Å². The summed E-state index contributed by atoms with van der Waals surface area (Å²) in [5.41, 5.74) is 5.12. The molecule has 1 unspecified atom stereocenters. The first kappa shape index (κ1) is 7.31. The van der Waals surface area contributed by atoms with E-state index in [1.54, 1.807) is 13.3 Å². The van der Waals surface area contributed by atoms with Crippen LogP contribution in [0.4, 0.5) is 0 Å². The summed E-state index contributed by atoms with van der Waals surface area (Å²) in [4.78, 5) is 0. The van der Waals surface area contributed by atoms with E-state index in [2.05, 4.69) is 10.5 Å². The SMILES string of the molecule is COC1NN=Cc2ccccc21. The van der Waals surface area contributed by atoms with Crippen molar-refractivity contribution < 1.29 is 4.74 Å². The molecule has 1 heterocycles. The van der Waals surface area contributed by atoms with Crippen LogP contribution in [0.25, 0.3) is 0 Å². The van der Waals surface area contributed by atoms with Crippen LogP contribution in [0, 0.1) is 0 Å². The van der Waals surface area contributed by atoms with E-state index in [4.69, 9.17) is 4.74 Å². The zero-order valence-electron chi connectivity index (χ0n) is 6.82. The summed E-state index contributed by atoms with van der Waals surface area (Å²) in [7, 11) is 1.66. The maximum atomic E-state index is 5.19. The van der Waals surface area contributed by atoms with Gasteiger partial charge >= 0.3 is 0 Å². The highest BCUT2D eigenvalue weighted by atomic mass is 16.5. The molecule has 0 saturated heterocycles. The fraction of sp³-hybridized carbons (Fsp3) is 0.222. The number of hydrogen-bond donors (Lipinski definition) is 1. The van der Waals surface area contributed by atoms with E-state index < -0.39 is 0 Å². The highest BCUT2D eigenvalue weighted by molar-refractivity contribution is 5.82. The van der Waals surface area contributed by atoms with Crippen molar-refractivity contribution in [2.45, 2.75) is 6.23 Å². The van der Waals surface area contributed by atoms with Gasteiger partial charge in [0.1, 0.15) is 0 Å². The number of ether oxygens (including phenoxy) is 1. The number of fused-ring (bicyclic) bond motifs is 1. The largest absolute Gasteiger partial charge is 0.356 e. The van der Waals surface area contributed by atoms with Crippen molar-refractivity contribution in [3.8, 4) is 0 Å². The number of nitrogens with one attached hydrogen (secondary N) is 1. The average Bonchev–Trinajstić information content (AvgIpc) is 2.17. The van der Waals surface area contributed by atoms with Crippen molar-refractivity contribution in [2.75, 3.05) is 7.11 Å². The molecular weight excluding hydrogens is 152 g/mol. The smallest absolute Gasteiger partial charge is 0.168 e. The summed E-state index contributed by atoms with van der Waals surface area (Å²) in [6.07, 6.45) is 1.69. The monoisotopic (exact) mass is 162 g/mol. The van der Waals surface area contributed by atoms with Crippen molar-refractivity contribution in [2.24, 2.45) is 5.10 Å². The molecule has 1 N–H and O–H groups in total. The summed E-state index contributed by atoms with van der Waals surface area (Å²) in [6.45, 7) is 0. The Kier molecular flexibility index (Phi) is 1.80. The zero-order chi connectivity index (χ0) is 8.39. The lowest BCUT2D eigenvalue weighted by Crippen LogP contribution is -2.22. The first-order chi connectivity index (χ1) is 5.92. The van der Waals surface area contributed by atoms with Gasteiger partial charge in [0.25, 0.3) is 0 Å². The number of hydrazone groups is 1. The van der Waals surface area contributed by atoms with Gasteiger partial charge in [-0.1, -0.05) is 24.3 Å².